The zero-order valence-electron chi connectivity index (χ0n) is 60.9. The number of thiophene rings is 2. The van der Waals surface area contributed by atoms with Gasteiger partial charge in [-0.1, -0.05) is 255 Å². The van der Waals surface area contributed by atoms with E-state index in [1.165, 1.54) is 89.1 Å². The van der Waals surface area contributed by atoms with Gasteiger partial charge in [0.05, 0.1) is 44.1 Å². The van der Waals surface area contributed by atoms with E-state index in [2.05, 4.69) is 309 Å². The maximum Gasteiger partial charge on any atom is 0.164 e. The molecule has 24 rings (SSSR count). The van der Waals surface area contributed by atoms with E-state index in [1.54, 1.807) is 0 Å². The summed E-state index contributed by atoms with van der Waals surface area (Å²) in [6.07, 6.45) is 0. The first-order valence-electron chi connectivity index (χ1n) is 38.3. The highest BCUT2D eigenvalue weighted by Crippen LogP contribution is 2.48. The fourth-order valence-corrected chi connectivity index (χ4v) is 20.0. The van der Waals surface area contributed by atoms with E-state index >= 15 is 0 Å². The fraction of sp³-hybridized carbons (Fsp3) is 0. The molecule has 0 fully saturated rings. The topological polar surface area (TPSA) is 97.1 Å². The lowest BCUT2D eigenvalue weighted by atomic mass is 9.98. The molecule has 0 aliphatic carbocycles. The molecule has 8 aromatic heterocycles. The van der Waals surface area contributed by atoms with Gasteiger partial charge >= 0.3 is 0 Å². The summed E-state index contributed by atoms with van der Waals surface area (Å²) in [5, 5.41) is 14.5. The molecule has 0 atom stereocenters. The van der Waals surface area contributed by atoms with Gasteiger partial charge < -0.3 is 18.3 Å². The smallest absolute Gasteiger partial charge is 0.164 e. The highest BCUT2D eigenvalue weighted by molar-refractivity contribution is 7.26. The van der Waals surface area contributed by atoms with Crippen molar-refractivity contribution in [3.05, 3.63) is 364 Å². The van der Waals surface area contributed by atoms with Crippen molar-refractivity contribution < 1.29 is 0 Å². The first-order valence-corrected chi connectivity index (χ1v) is 39.9. The van der Waals surface area contributed by atoms with Gasteiger partial charge in [-0.3, -0.25) is 0 Å². The van der Waals surface area contributed by atoms with Crippen LogP contribution in [0.1, 0.15) is 0 Å². The van der Waals surface area contributed by atoms with Gasteiger partial charge in [0.15, 0.2) is 34.9 Å². The zero-order valence-corrected chi connectivity index (χ0v) is 62.6. The molecular formula is C102H60N10S2. The monoisotopic (exact) mass is 1490 g/mol. The predicted octanol–water partition coefficient (Wildman–Crippen LogP) is 26.8. The van der Waals surface area contributed by atoms with Crippen LogP contribution in [0.5, 0.6) is 0 Å². The van der Waals surface area contributed by atoms with E-state index in [0.717, 1.165) is 106 Å². The second kappa shape index (κ2) is 25.4. The van der Waals surface area contributed by atoms with Gasteiger partial charge in [-0.2, -0.15) is 0 Å². The van der Waals surface area contributed by atoms with E-state index in [0.29, 0.717) is 34.9 Å². The molecule has 0 bridgehead atoms. The van der Waals surface area contributed by atoms with Crippen LogP contribution in [0.2, 0.25) is 0 Å². The Balaban J connectivity index is 0.650. The number of para-hydroxylation sites is 4. The van der Waals surface area contributed by atoms with Crippen molar-refractivity contribution in [2.45, 2.75) is 0 Å². The molecular weight excluding hydrogens is 1430 g/mol. The van der Waals surface area contributed by atoms with Crippen molar-refractivity contribution >= 4 is 150 Å². The Morgan fingerprint density at radius 3 is 1.00 bits per heavy atom. The van der Waals surface area contributed by atoms with Gasteiger partial charge in [0.1, 0.15) is 0 Å². The minimum Gasteiger partial charge on any atom is -0.309 e. The second-order valence-electron chi connectivity index (χ2n) is 29.3. The molecule has 0 saturated carbocycles. The lowest BCUT2D eigenvalue weighted by Gasteiger charge is -2.13. The van der Waals surface area contributed by atoms with Crippen molar-refractivity contribution in [2.24, 2.45) is 0 Å². The standard InChI is InChI=1S/C102H60N10S2/c1-5-24-61(25-6-1)97-103-98(62-26-7-2-8-27-62)106-101(105-97)66-32-21-34-68(52-66)111-86-43-19-15-38-75(86)80-57-82-77-50-48-71(56-92(77)114-95(82)60-91(80)111)110-87-44-20-16-39-79(87)96-72(40-23-45-88(96)110)65-46-49-76-81-59-94-83(78-51-47-70(55-93(78)113-94)109-84-41-17-13-36-73(84)74-37-14-18-42-85(74)109)58-90(81)112(89(76)54-65)69-35-22-33-67(53-69)102-107-99(63-28-9-3-10-29-63)104-100(108-102)64-30-11-4-12-31-64/h1-60H. The summed E-state index contributed by atoms with van der Waals surface area (Å²) in [4.78, 5) is 30.8. The third-order valence-electron chi connectivity index (χ3n) is 22.8. The van der Waals surface area contributed by atoms with E-state index in [9.17, 15) is 0 Å². The van der Waals surface area contributed by atoms with Crippen LogP contribution in [0.3, 0.4) is 0 Å². The van der Waals surface area contributed by atoms with Gasteiger partial charge in [-0.05, 0) is 120 Å². The lowest BCUT2D eigenvalue weighted by molar-refractivity contribution is 1.07. The predicted molar refractivity (Wildman–Crippen MR) is 474 cm³/mol. The third kappa shape index (κ3) is 10.1. The summed E-state index contributed by atoms with van der Waals surface area (Å²) in [6, 6.07) is 131. The molecule has 0 N–H and O–H groups in total. The number of aromatic nitrogens is 10. The molecule has 0 amide bonds. The minimum atomic E-state index is 0.597. The SMILES string of the molecule is c1ccc(-c2nc(-c3ccccc3)nc(-c3cccc(-n4c5ccccc5c5cc6c(cc54)sc4cc(-n5c7ccccc7c7c(-c8ccc9c%10cc%11sc%12cc(-n%13c%14ccccc%14c%14ccccc%14%13)ccc%12c%11cc%10n(-c%10cccc(-c%11nc(-c%12ccccc%12)nc(-c%12ccccc%12)n%11)c%10)c9c8)cccc75)ccc46)c3)n2)cc1. The second-order valence-corrected chi connectivity index (χ2v) is 31.5. The van der Waals surface area contributed by atoms with Crippen LogP contribution in [0.4, 0.5) is 0 Å². The number of fused-ring (bicyclic) bond motifs is 18. The molecule has 0 spiro atoms. The van der Waals surface area contributed by atoms with Crippen LogP contribution >= 0.6 is 22.7 Å². The molecule has 16 aromatic carbocycles. The van der Waals surface area contributed by atoms with Crippen LogP contribution in [0.15, 0.2) is 364 Å². The average molecular weight is 1490 g/mol. The minimum absolute atomic E-state index is 0.597. The number of benzene rings is 16. The van der Waals surface area contributed by atoms with E-state index in [4.69, 9.17) is 29.9 Å². The first-order chi connectivity index (χ1) is 56.5. The summed E-state index contributed by atoms with van der Waals surface area (Å²) in [5.41, 5.74) is 21.2. The Morgan fingerprint density at radius 1 is 0.167 bits per heavy atom. The molecule has 0 aliphatic rings. The van der Waals surface area contributed by atoms with Crippen LogP contribution < -0.4 is 0 Å². The van der Waals surface area contributed by atoms with Crippen molar-refractivity contribution in [3.8, 4) is 102 Å². The number of rotatable bonds is 11. The van der Waals surface area contributed by atoms with Crippen LogP contribution in [-0.2, 0) is 0 Å². The Hall–Kier alpha value is -14.8. The van der Waals surface area contributed by atoms with Crippen molar-refractivity contribution in [3.63, 3.8) is 0 Å². The lowest BCUT2D eigenvalue weighted by Crippen LogP contribution is -2.01. The van der Waals surface area contributed by atoms with Gasteiger partial charge in [-0.15, -0.1) is 22.7 Å². The van der Waals surface area contributed by atoms with Crippen molar-refractivity contribution in [1.29, 1.82) is 0 Å². The molecule has 530 valence electrons. The average Bonchev–Trinajstić information content (AvgIpc) is 1.57. The highest BCUT2D eigenvalue weighted by atomic mass is 32.1. The van der Waals surface area contributed by atoms with Crippen molar-refractivity contribution in [2.75, 3.05) is 0 Å². The fourth-order valence-electron chi connectivity index (χ4n) is 17.7. The molecule has 0 unspecified atom stereocenters. The Labute approximate surface area is 660 Å². The van der Waals surface area contributed by atoms with Gasteiger partial charge in [0.25, 0.3) is 0 Å². The molecule has 10 nitrogen and oxygen atoms in total. The summed E-state index contributed by atoms with van der Waals surface area (Å²) >= 11 is 3.71. The normalized spacial score (nSPS) is 12.0. The molecule has 24 aromatic rings. The van der Waals surface area contributed by atoms with Gasteiger partial charge in [-0.25, -0.2) is 29.9 Å². The molecule has 8 heterocycles. The number of hydrogen-bond donors (Lipinski definition) is 0. The van der Waals surface area contributed by atoms with Crippen LogP contribution in [0, 0.1) is 0 Å². The van der Waals surface area contributed by atoms with E-state index in [-0.39, 0.29) is 0 Å². The van der Waals surface area contributed by atoms with Gasteiger partial charge in [0.2, 0.25) is 0 Å². The summed E-state index contributed by atoms with van der Waals surface area (Å²) in [7, 11) is 0. The maximum absolute atomic E-state index is 5.25. The Kier molecular flexibility index (Phi) is 14.3. The summed E-state index contributed by atoms with van der Waals surface area (Å²) in [5.74, 6) is 3.71. The highest BCUT2D eigenvalue weighted by Gasteiger charge is 2.25. The molecule has 0 aliphatic heterocycles. The van der Waals surface area contributed by atoms with Gasteiger partial charge in [0, 0.05) is 140 Å². The molecule has 0 saturated heterocycles. The molecule has 12 heteroatoms. The first kappa shape index (κ1) is 64.0. The third-order valence-corrected chi connectivity index (χ3v) is 25.1. The number of hydrogen-bond acceptors (Lipinski definition) is 8. The molecule has 114 heavy (non-hydrogen) atoms. The van der Waals surface area contributed by atoms with E-state index < -0.39 is 0 Å². The molecule has 0 radical (unpaired) electrons. The maximum atomic E-state index is 5.25. The summed E-state index contributed by atoms with van der Waals surface area (Å²) in [6.45, 7) is 0. The van der Waals surface area contributed by atoms with Crippen molar-refractivity contribution in [1.82, 2.24) is 48.2 Å². The summed E-state index contributed by atoms with van der Waals surface area (Å²) < 4.78 is 14.7. The van der Waals surface area contributed by atoms with Crippen LogP contribution in [0.25, 0.3) is 230 Å². The number of nitrogens with zero attached hydrogens (tertiary/aromatic N) is 10. The quantitative estimate of drug-likeness (QED) is 0.128. The Morgan fingerprint density at radius 2 is 0.491 bits per heavy atom. The Bertz CT molecular complexity index is 7940. The van der Waals surface area contributed by atoms with Crippen LogP contribution in [-0.4, -0.2) is 48.2 Å². The largest absolute Gasteiger partial charge is 0.309 e. The van der Waals surface area contributed by atoms with E-state index in [1.807, 2.05) is 95.5 Å². The zero-order chi connectivity index (χ0) is 74.6.